The summed E-state index contributed by atoms with van der Waals surface area (Å²) in [4.78, 5) is 14.5. The second kappa shape index (κ2) is 6.22. The SMILES string of the molecule is Cc1cc(O)c(NC(=O)C[N+]2(C)CCN(C)CC2)cc1Cl. The predicted molar refractivity (Wildman–Crippen MR) is 84.8 cm³/mol. The molecule has 1 aliphatic rings. The van der Waals surface area contributed by atoms with Gasteiger partial charge in [-0.25, -0.2) is 0 Å². The molecule has 1 fully saturated rings. The average Bonchev–Trinajstić information content (AvgIpc) is 2.39. The van der Waals surface area contributed by atoms with Crippen LogP contribution in [0.4, 0.5) is 5.69 Å². The zero-order valence-electron chi connectivity index (χ0n) is 12.8. The van der Waals surface area contributed by atoms with Crippen molar-refractivity contribution in [2.24, 2.45) is 0 Å². The van der Waals surface area contributed by atoms with Crippen molar-refractivity contribution in [2.75, 3.05) is 52.1 Å². The number of hydrogen-bond acceptors (Lipinski definition) is 3. The second-order valence-electron chi connectivity index (χ2n) is 6.19. The third-order valence-electron chi connectivity index (χ3n) is 4.12. The number of phenols is 1. The summed E-state index contributed by atoms with van der Waals surface area (Å²) < 4.78 is 0.719. The number of benzene rings is 1. The van der Waals surface area contributed by atoms with Gasteiger partial charge >= 0.3 is 0 Å². The number of nitrogens with one attached hydrogen (secondary N) is 1. The van der Waals surface area contributed by atoms with E-state index in [1.54, 1.807) is 12.1 Å². The first-order valence-corrected chi connectivity index (χ1v) is 7.48. The molecule has 0 aromatic heterocycles. The van der Waals surface area contributed by atoms with Crippen molar-refractivity contribution in [3.63, 3.8) is 0 Å². The van der Waals surface area contributed by atoms with E-state index in [9.17, 15) is 9.90 Å². The number of aryl methyl sites for hydroxylation is 1. The molecule has 6 heteroatoms. The van der Waals surface area contributed by atoms with Gasteiger partial charge in [-0.15, -0.1) is 0 Å². The molecule has 0 radical (unpaired) electrons. The number of carbonyl (C=O) groups excluding carboxylic acids is 1. The van der Waals surface area contributed by atoms with Crippen LogP contribution in [0.25, 0.3) is 0 Å². The van der Waals surface area contributed by atoms with Crippen LogP contribution < -0.4 is 5.32 Å². The normalized spacial score (nSPS) is 18.5. The molecule has 0 atom stereocenters. The van der Waals surface area contributed by atoms with Gasteiger partial charge in [0.25, 0.3) is 5.91 Å². The van der Waals surface area contributed by atoms with E-state index in [0.29, 0.717) is 17.3 Å². The van der Waals surface area contributed by atoms with Gasteiger partial charge in [0.1, 0.15) is 5.75 Å². The topological polar surface area (TPSA) is 52.6 Å². The van der Waals surface area contributed by atoms with Crippen LogP contribution in [0.3, 0.4) is 0 Å². The minimum atomic E-state index is -0.0997. The summed E-state index contributed by atoms with van der Waals surface area (Å²) in [5, 5.41) is 13.2. The minimum absolute atomic E-state index is 0.0475. The van der Waals surface area contributed by atoms with E-state index in [1.807, 2.05) is 6.92 Å². The lowest BCUT2D eigenvalue weighted by atomic mass is 10.2. The van der Waals surface area contributed by atoms with Gasteiger partial charge in [-0.1, -0.05) is 11.6 Å². The van der Waals surface area contributed by atoms with Crippen molar-refractivity contribution in [3.8, 4) is 5.75 Å². The van der Waals surface area contributed by atoms with Gasteiger partial charge in [0.15, 0.2) is 6.54 Å². The van der Waals surface area contributed by atoms with Crippen LogP contribution in [0.1, 0.15) is 5.56 Å². The molecule has 0 spiro atoms. The molecule has 1 aromatic carbocycles. The Kier molecular flexibility index (Phi) is 4.76. The van der Waals surface area contributed by atoms with Crippen LogP contribution in [0.15, 0.2) is 12.1 Å². The maximum absolute atomic E-state index is 12.2. The molecule has 116 valence electrons. The smallest absolute Gasteiger partial charge is 0.279 e. The molecule has 5 nitrogen and oxygen atoms in total. The molecule has 0 saturated carbocycles. The number of carbonyl (C=O) groups is 1. The summed E-state index contributed by atoms with van der Waals surface area (Å²) in [5.74, 6) is -0.0523. The van der Waals surface area contributed by atoms with Crippen LogP contribution >= 0.6 is 11.6 Å². The Morgan fingerprint density at radius 1 is 1.43 bits per heavy atom. The minimum Gasteiger partial charge on any atom is -0.506 e. The van der Waals surface area contributed by atoms with E-state index in [4.69, 9.17) is 11.6 Å². The van der Waals surface area contributed by atoms with Gasteiger partial charge in [0.2, 0.25) is 0 Å². The number of quaternary nitrogens is 1. The van der Waals surface area contributed by atoms with Gasteiger partial charge in [-0.05, 0) is 31.7 Å². The highest BCUT2D eigenvalue weighted by Gasteiger charge is 2.29. The lowest BCUT2D eigenvalue weighted by Crippen LogP contribution is -2.58. The number of hydrogen-bond donors (Lipinski definition) is 2. The first-order chi connectivity index (χ1) is 9.79. The van der Waals surface area contributed by atoms with Crippen molar-refractivity contribution in [3.05, 3.63) is 22.7 Å². The maximum Gasteiger partial charge on any atom is 0.279 e. The van der Waals surface area contributed by atoms with E-state index in [-0.39, 0.29) is 11.7 Å². The number of nitrogens with zero attached hydrogens (tertiary/aromatic N) is 2. The third kappa shape index (κ3) is 4.09. The van der Waals surface area contributed by atoms with Gasteiger partial charge in [0.05, 0.1) is 25.8 Å². The van der Waals surface area contributed by atoms with Crippen LogP contribution in [-0.4, -0.2) is 67.2 Å². The van der Waals surface area contributed by atoms with E-state index in [2.05, 4.69) is 24.3 Å². The third-order valence-corrected chi connectivity index (χ3v) is 4.53. The van der Waals surface area contributed by atoms with Crippen LogP contribution in [-0.2, 0) is 4.79 Å². The summed E-state index contributed by atoms with van der Waals surface area (Å²) >= 11 is 6.03. The lowest BCUT2D eigenvalue weighted by molar-refractivity contribution is -0.905. The molecule has 1 saturated heterocycles. The fourth-order valence-electron chi connectivity index (χ4n) is 2.51. The Bertz CT molecular complexity index is 540. The van der Waals surface area contributed by atoms with Crippen molar-refractivity contribution in [2.45, 2.75) is 6.92 Å². The second-order valence-corrected chi connectivity index (χ2v) is 6.60. The molecule has 0 bridgehead atoms. The highest BCUT2D eigenvalue weighted by Crippen LogP contribution is 2.29. The van der Waals surface area contributed by atoms with E-state index >= 15 is 0 Å². The molecular weight excluding hydrogens is 290 g/mol. The molecule has 1 heterocycles. The van der Waals surface area contributed by atoms with Crippen LogP contribution in [0.5, 0.6) is 5.75 Å². The Morgan fingerprint density at radius 2 is 2.05 bits per heavy atom. The number of phenolic OH excluding ortho intramolecular Hbond substituents is 1. The van der Waals surface area contributed by atoms with Crippen molar-refractivity contribution in [1.82, 2.24) is 4.90 Å². The highest BCUT2D eigenvalue weighted by molar-refractivity contribution is 6.31. The van der Waals surface area contributed by atoms with Crippen molar-refractivity contribution >= 4 is 23.2 Å². The Hall–Kier alpha value is -1.30. The summed E-state index contributed by atoms with van der Waals surface area (Å²) in [6.07, 6.45) is 0. The van der Waals surface area contributed by atoms with Crippen molar-refractivity contribution in [1.29, 1.82) is 0 Å². The monoisotopic (exact) mass is 312 g/mol. The number of rotatable bonds is 3. The number of likely N-dealkylation sites (N-methyl/N-ethyl adjacent to an activating group) is 2. The summed E-state index contributed by atoms with van der Waals surface area (Å²) in [5.41, 5.74) is 1.15. The highest BCUT2D eigenvalue weighted by atomic mass is 35.5. The predicted octanol–water partition coefficient (Wildman–Crippen LogP) is 1.68. The molecule has 2 N–H and O–H groups in total. The molecular formula is C15H23ClN3O2+. The van der Waals surface area contributed by atoms with E-state index in [1.165, 1.54) is 0 Å². The Balaban J connectivity index is 2.00. The van der Waals surface area contributed by atoms with Crippen LogP contribution in [0, 0.1) is 6.92 Å². The zero-order valence-corrected chi connectivity index (χ0v) is 13.6. The molecule has 21 heavy (non-hydrogen) atoms. The number of amides is 1. The Morgan fingerprint density at radius 3 is 2.67 bits per heavy atom. The molecule has 1 aliphatic heterocycles. The zero-order chi connectivity index (χ0) is 15.6. The largest absolute Gasteiger partial charge is 0.506 e. The standard InChI is InChI=1S/C15H22ClN3O2/c1-11-8-14(20)13(9-12(11)16)17-15(21)10-19(3)6-4-18(2)5-7-19/h8-9H,4-7,10H2,1-3H3,(H-,17,20,21)/p+1. The Labute approximate surface area is 130 Å². The number of anilines is 1. The van der Waals surface area contributed by atoms with Gasteiger partial charge in [-0.3, -0.25) is 9.69 Å². The number of aromatic hydroxyl groups is 1. The van der Waals surface area contributed by atoms with Crippen LogP contribution in [0.2, 0.25) is 5.02 Å². The fourth-order valence-corrected chi connectivity index (χ4v) is 2.67. The fraction of sp³-hybridized carbons (Fsp3) is 0.533. The van der Waals surface area contributed by atoms with Gasteiger partial charge in [-0.2, -0.15) is 0 Å². The summed E-state index contributed by atoms with van der Waals surface area (Å²) in [6, 6.07) is 3.15. The summed E-state index contributed by atoms with van der Waals surface area (Å²) in [7, 11) is 4.18. The van der Waals surface area contributed by atoms with Crippen molar-refractivity contribution < 1.29 is 14.4 Å². The van der Waals surface area contributed by atoms with Gasteiger partial charge < -0.3 is 14.9 Å². The molecule has 2 rings (SSSR count). The average molecular weight is 313 g/mol. The quantitative estimate of drug-likeness (QED) is 0.659. The first-order valence-electron chi connectivity index (χ1n) is 7.10. The molecule has 1 aromatic rings. The number of halogens is 1. The first kappa shape index (κ1) is 16.1. The maximum atomic E-state index is 12.2. The molecule has 0 aliphatic carbocycles. The van der Waals surface area contributed by atoms with Gasteiger partial charge in [0, 0.05) is 18.1 Å². The summed E-state index contributed by atoms with van der Waals surface area (Å²) in [6.45, 7) is 6.09. The molecule has 0 unspecified atom stereocenters. The molecule has 1 amide bonds. The van der Waals surface area contributed by atoms with E-state index in [0.717, 1.165) is 36.2 Å². The number of piperazine rings is 1. The van der Waals surface area contributed by atoms with E-state index < -0.39 is 0 Å². The lowest BCUT2D eigenvalue weighted by Gasteiger charge is -2.40.